The van der Waals surface area contributed by atoms with E-state index in [1.807, 2.05) is 116 Å². The van der Waals surface area contributed by atoms with Crippen molar-refractivity contribution in [3.05, 3.63) is 83.7 Å². The summed E-state index contributed by atoms with van der Waals surface area (Å²) in [7, 11) is -2.32. The molecule has 3 fully saturated rings. The Labute approximate surface area is 339 Å². The first kappa shape index (κ1) is 43.1. The normalized spacial score (nSPS) is 22.1. The molecule has 1 atom stereocenters. The Kier molecular flexibility index (Phi) is 10.8. The molecular formula is C43H58B3FN2O8. The molecule has 0 spiro atoms. The van der Waals surface area contributed by atoms with Crippen LogP contribution in [0.3, 0.4) is 0 Å². The topological polar surface area (TPSA) is 105 Å². The number of nitrogens with one attached hydrogen (secondary N) is 1. The third-order valence-electron chi connectivity index (χ3n) is 12.4. The standard InChI is InChI=1S/C43H58B3FN2O8/c1-37(2,3)48-35(50)34(28-18-25-33(47)32(26-28)46-56-42(12,13)43(14,15)57-46)49(31-23-21-30(22-24-31)45-54-40(8,9)41(10,11)55-45)36(51)27-16-19-29(20-17-27)44-52-38(4,5)39(6,7)53-44/h16-26,34H,1-15H3,(H,48,50). The second kappa shape index (κ2) is 14.3. The summed E-state index contributed by atoms with van der Waals surface area (Å²) < 4.78 is 53.4. The van der Waals surface area contributed by atoms with Gasteiger partial charge in [-0.1, -0.05) is 36.4 Å². The van der Waals surface area contributed by atoms with Gasteiger partial charge in [0.05, 0.1) is 33.6 Å². The molecule has 0 radical (unpaired) electrons. The predicted octanol–water partition coefficient (Wildman–Crippen LogP) is 6.03. The lowest BCUT2D eigenvalue weighted by atomic mass is 9.77. The Balaban J connectivity index is 1.45. The number of amides is 2. The fourth-order valence-corrected chi connectivity index (χ4v) is 6.79. The number of anilines is 1. The van der Waals surface area contributed by atoms with Gasteiger partial charge >= 0.3 is 21.4 Å². The zero-order valence-corrected chi connectivity index (χ0v) is 36.3. The van der Waals surface area contributed by atoms with Crippen LogP contribution in [0.15, 0.2) is 66.7 Å². The first-order valence-corrected chi connectivity index (χ1v) is 19.8. The molecule has 14 heteroatoms. The van der Waals surface area contributed by atoms with Gasteiger partial charge in [0.15, 0.2) is 0 Å². The highest BCUT2D eigenvalue weighted by atomic mass is 19.1. The molecule has 0 aromatic heterocycles. The van der Waals surface area contributed by atoms with Crippen molar-refractivity contribution >= 4 is 55.2 Å². The summed E-state index contributed by atoms with van der Waals surface area (Å²) >= 11 is 0. The summed E-state index contributed by atoms with van der Waals surface area (Å²) in [6.45, 7) is 29.0. The second-order valence-electron chi connectivity index (χ2n) is 19.6. The summed E-state index contributed by atoms with van der Waals surface area (Å²) in [6, 6.07) is 17.3. The summed E-state index contributed by atoms with van der Waals surface area (Å²) in [5.74, 6) is -1.49. The first-order valence-electron chi connectivity index (χ1n) is 19.8. The average Bonchev–Trinajstić information content (AvgIpc) is 3.55. The van der Waals surface area contributed by atoms with E-state index in [1.54, 1.807) is 42.5 Å². The van der Waals surface area contributed by atoms with Gasteiger partial charge in [-0.3, -0.25) is 14.5 Å². The van der Waals surface area contributed by atoms with Crippen molar-refractivity contribution in [1.82, 2.24) is 5.32 Å². The molecule has 3 aliphatic heterocycles. The maximum atomic E-state index is 15.8. The van der Waals surface area contributed by atoms with Gasteiger partial charge in [-0.05, 0) is 151 Å². The zero-order valence-electron chi connectivity index (χ0n) is 36.3. The Morgan fingerprint density at radius 3 is 1.39 bits per heavy atom. The van der Waals surface area contributed by atoms with Crippen LogP contribution in [0.5, 0.6) is 0 Å². The maximum absolute atomic E-state index is 15.8. The van der Waals surface area contributed by atoms with Crippen molar-refractivity contribution in [1.29, 1.82) is 0 Å². The highest BCUT2D eigenvalue weighted by molar-refractivity contribution is 6.63. The van der Waals surface area contributed by atoms with Crippen molar-refractivity contribution in [2.24, 2.45) is 0 Å². The Morgan fingerprint density at radius 1 is 0.596 bits per heavy atom. The van der Waals surface area contributed by atoms with Crippen molar-refractivity contribution in [2.75, 3.05) is 4.90 Å². The summed E-state index contributed by atoms with van der Waals surface area (Å²) in [6.07, 6.45) is 0. The fourth-order valence-electron chi connectivity index (χ4n) is 6.79. The van der Waals surface area contributed by atoms with Crippen LogP contribution in [0.25, 0.3) is 0 Å². The molecule has 304 valence electrons. The van der Waals surface area contributed by atoms with E-state index in [1.165, 1.54) is 17.0 Å². The first-order chi connectivity index (χ1) is 26.0. The number of hydrogen-bond donors (Lipinski definition) is 1. The minimum atomic E-state index is -1.26. The van der Waals surface area contributed by atoms with Gasteiger partial charge in [-0.2, -0.15) is 0 Å². The van der Waals surface area contributed by atoms with Gasteiger partial charge < -0.3 is 33.2 Å². The fraction of sp³-hybridized carbons (Fsp3) is 0.535. The molecule has 3 aliphatic rings. The monoisotopic (exact) mass is 782 g/mol. The number of carbonyl (C=O) groups is 2. The lowest BCUT2D eigenvalue weighted by Gasteiger charge is -2.34. The lowest BCUT2D eigenvalue weighted by Crippen LogP contribution is -2.50. The van der Waals surface area contributed by atoms with E-state index < -0.39 is 84.2 Å². The van der Waals surface area contributed by atoms with Crippen molar-refractivity contribution in [3.63, 3.8) is 0 Å². The Bertz CT molecular complexity index is 1960. The number of halogens is 1. The van der Waals surface area contributed by atoms with Crippen LogP contribution in [-0.4, -0.2) is 72.3 Å². The molecular weight excluding hydrogens is 724 g/mol. The minimum Gasteiger partial charge on any atom is -0.399 e. The van der Waals surface area contributed by atoms with Gasteiger partial charge in [-0.25, -0.2) is 4.39 Å². The minimum absolute atomic E-state index is 0.120. The zero-order chi connectivity index (χ0) is 42.3. The molecule has 57 heavy (non-hydrogen) atoms. The van der Waals surface area contributed by atoms with Crippen LogP contribution in [0.1, 0.15) is 126 Å². The van der Waals surface area contributed by atoms with E-state index in [9.17, 15) is 4.79 Å². The number of carbonyl (C=O) groups excluding carboxylic acids is 2. The molecule has 0 aliphatic carbocycles. The van der Waals surface area contributed by atoms with Crippen LogP contribution in [0.4, 0.5) is 10.1 Å². The molecule has 3 heterocycles. The lowest BCUT2D eigenvalue weighted by molar-refractivity contribution is -0.123. The largest absolute Gasteiger partial charge is 0.497 e. The highest BCUT2D eigenvalue weighted by Crippen LogP contribution is 2.40. The van der Waals surface area contributed by atoms with E-state index in [0.29, 0.717) is 16.8 Å². The van der Waals surface area contributed by atoms with Gasteiger partial charge in [0.1, 0.15) is 11.9 Å². The molecule has 3 saturated heterocycles. The van der Waals surface area contributed by atoms with E-state index in [0.717, 1.165) is 10.9 Å². The van der Waals surface area contributed by atoms with Crippen LogP contribution < -0.4 is 26.6 Å². The Morgan fingerprint density at radius 2 is 0.982 bits per heavy atom. The van der Waals surface area contributed by atoms with Crippen molar-refractivity contribution in [2.45, 2.75) is 149 Å². The van der Waals surface area contributed by atoms with Gasteiger partial charge in [0.2, 0.25) is 5.91 Å². The number of hydrogen-bond acceptors (Lipinski definition) is 8. The van der Waals surface area contributed by atoms with Crippen molar-refractivity contribution in [3.8, 4) is 0 Å². The quantitative estimate of drug-likeness (QED) is 0.277. The molecule has 1 N–H and O–H groups in total. The molecule has 10 nitrogen and oxygen atoms in total. The molecule has 1 unspecified atom stereocenters. The molecule has 0 saturated carbocycles. The van der Waals surface area contributed by atoms with E-state index in [-0.39, 0.29) is 5.46 Å². The number of rotatable bonds is 8. The molecule has 3 aromatic carbocycles. The highest BCUT2D eigenvalue weighted by Gasteiger charge is 2.54. The second-order valence-corrected chi connectivity index (χ2v) is 19.6. The van der Waals surface area contributed by atoms with Gasteiger partial charge in [-0.15, -0.1) is 0 Å². The van der Waals surface area contributed by atoms with E-state index in [4.69, 9.17) is 27.9 Å². The number of benzene rings is 3. The van der Waals surface area contributed by atoms with Crippen LogP contribution >= 0.6 is 0 Å². The summed E-state index contributed by atoms with van der Waals surface area (Å²) in [4.78, 5) is 31.2. The molecule has 0 bridgehead atoms. The maximum Gasteiger partial charge on any atom is 0.497 e. The summed E-state index contributed by atoms with van der Waals surface area (Å²) in [5, 5.41) is 3.08. The SMILES string of the molecule is CC(C)(C)NC(=O)C(c1ccc(F)c(B2OC(C)(C)C(C)(C)O2)c1)N(C(=O)c1ccc(B2OC(C)(C)C(C)(C)O2)cc1)c1ccc(B2OC(C)(C)C(C)(C)O2)cc1. The predicted molar refractivity (Wildman–Crippen MR) is 224 cm³/mol. The third-order valence-corrected chi connectivity index (χ3v) is 12.4. The van der Waals surface area contributed by atoms with Crippen LogP contribution in [0.2, 0.25) is 0 Å². The summed E-state index contributed by atoms with van der Waals surface area (Å²) in [5.41, 5.74) is -1.65. The number of nitrogens with zero attached hydrogens (tertiary/aromatic N) is 1. The average molecular weight is 782 g/mol. The molecule has 3 aromatic rings. The van der Waals surface area contributed by atoms with E-state index in [2.05, 4.69) is 5.32 Å². The smallest absolute Gasteiger partial charge is 0.399 e. The van der Waals surface area contributed by atoms with Crippen LogP contribution in [0, 0.1) is 5.82 Å². The third kappa shape index (κ3) is 8.23. The van der Waals surface area contributed by atoms with Crippen LogP contribution in [-0.2, 0) is 32.7 Å². The van der Waals surface area contributed by atoms with E-state index >= 15 is 9.18 Å². The van der Waals surface area contributed by atoms with Crippen molar-refractivity contribution < 1.29 is 41.9 Å². The van der Waals surface area contributed by atoms with Gasteiger partial charge in [0, 0.05) is 22.3 Å². The Hall–Kier alpha value is -3.52. The molecule has 2 amide bonds. The van der Waals surface area contributed by atoms with Gasteiger partial charge in [0.25, 0.3) is 5.91 Å². The molecule has 6 rings (SSSR count).